The van der Waals surface area contributed by atoms with Gasteiger partial charge >= 0.3 is 0 Å². The fraction of sp³-hybridized carbons (Fsp3) is 0.500. The number of ether oxygens (including phenoxy) is 2. The lowest BCUT2D eigenvalue weighted by atomic mass is 9.88. The van der Waals surface area contributed by atoms with Gasteiger partial charge in [-0.25, -0.2) is 0 Å². The van der Waals surface area contributed by atoms with Gasteiger partial charge in [0, 0.05) is 29.9 Å². The zero-order chi connectivity index (χ0) is 19.4. The van der Waals surface area contributed by atoms with Crippen LogP contribution in [0.3, 0.4) is 0 Å². The molecule has 2 atom stereocenters. The van der Waals surface area contributed by atoms with E-state index in [1.54, 1.807) is 7.11 Å². The Morgan fingerprint density at radius 2 is 1.56 bits per heavy atom. The van der Waals surface area contributed by atoms with E-state index in [9.17, 15) is 4.79 Å². The summed E-state index contributed by atoms with van der Waals surface area (Å²) < 4.78 is 11.4. The van der Waals surface area contributed by atoms with Gasteiger partial charge in [0.2, 0.25) is 0 Å². The molecule has 146 valence electrons. The number of hydrogen-bond donors (Lipinski definition) is 0. The van der Waals surface area contributed by atoms with E-state index in [0.29, 0.717) is 11.8 Å². The quantitative estimate of drug-likeness (QED) is 0.780. The Kier molecular flexibility index (Phi) is 6.22. The Hall–Kier alpha value is -2.27. The molecule has 1 aliphatic rings. The van der Waals surface area contributed by atoms with Gasteiger partial charge in [-0.05, 0) is 39.1 Å². The summed E-state index contributed by atoms with van der Waals surface area (Å²) in [5.41, 5.74) is 0. The molecule has 5 nitrogen and oxygen atoms in total. The SMILES string of the molecule is COc1ccc(OCC(=O)N(C)C2CCCCC2N(C)C)c2ccccc12. The predicted molar refractivity (Wildman–Crippen MR) is 108 cm³/mol. The maximum absolute atomic E-state index is 12.8. The molecule has 0 N–H and O–H groups in total. The van der Waals surface area contributed by atoms with Gasteiger partial charge in [-0.15, -0.1) is 0 Å². The van der Waals surface area contributed by atoms with E-state index in [2.05, 4.69) is 19.0 Å². The normalized spacial score (nSPS) is 19.9. The van der Waals surface area contributed by atoms with Gasteiger partial charge in [0.25, 0.3) is 5.91 Å². The number of rotatable bonds is 6. The molecule has 1 amide bonds. The smallest absolute Gasteiger partial charge is 0.260 e. The number of methoxy groups -OCH3 is 1. The molecule has 1 aliphatic carbocycles. The third-order valence-electron chi connectivity index (χ3n) is 5.66. The summed E-state index contributed by atoms with van der Waals surface area (Å²) in [6.07, 6.45) is 4.60. The Balaban J connectivity index is 1.71. The zero-order valence-corrected chi connectivity index (χ0v) is 16.8. The second-order valence-electron chi connectivity index (χ2n) is 7.49. The van der Waals surface area contributed by atoms with E-state index < -0.39 is 0 Å². The van der Waals surface area contributed by atoms with Crippen molar-refractivity contribution in [3.8, 4) is 11.5 Å². The third-order valence-corrected chi connectivity index (χ3v) is 5.66. The summed E-state index contributed by atoms with van der Waals surface area (Å²) in [5.74, 6) is 1.53. The van der Waals surface area contributed by atoms with Crippen molar-refractivity contribution in [1.29, 1.82) is 0 Å². The highest BCUT2D eigenvalue weighted by Gasteiger charge is 2.32. The zero-order valence-electron chi connectivity index (χ0n) is 16.8. The molecule has 2 aromatic rings. The Labute approximate surface area is 161 Å². The molecule has 2 unspecified atom stereocenters. The van der Waals surface area contributed by atoms with Gasteiger partial charge < -0.3 is 19.3 Å². The molecule has 3 rings (SSSR count). The molecule has 1 fully saturated rings. The molecule has 0 radical (unpaired) electrons. The highest BCUT2D eigenvalue weighted by Crippen LogP contribution is 2.33. The molecule has 0 saturated heterocycles. The standard InChI is InChI=1S/C22H30N2O3/c1-23(2)18-11-7-8-12-19(18)24(3)22(25)15-27-21-14-13-20(26-4)16-9-5-6-10-17(16)21/h5-6,9-10,13-14,18-19H,7-8,11-12,15H2,1-4H3. The molecule has 5 heteroatoms. The van der Waals surface area contributed by atoms with E-state index in [1.807, 2.05) is 48.3 Å². The minimum Gasteiger partial charge on any atom is -0.496 e. The number of benzene rings is 2. The maximum atomic E-state index is 12.8. The lowest BCUT2D eigenvalue weighted by Crippen LogP contribution is -2.52. The van der Waals surface area contributed by atoms with Crippen LogP contribution in [-0.2, 0) is 4.79 Å². The van der Waals surface area contributed by atoms with Crippen LogP contribution in [0.4, 0.5) is 0 Å². The van der Waals surface area contributed by atoms with Gasteiger partial charge in [0.05, 0.1) is 7.11 Å². The molecular weight excluding hydrogens is 340 g/mol. The summed E-state index contributed by atoms with van der Waals surface area (Å²) in [6.45, 7) is 0.0451. The largest absolute Gasteiger partial charge is 0.496 e. The first-order valence-corrected chi connectivity index (χ1v) is 9.63. The second kappa shape index (κ2) is 8.61. The molecule has 0 aliphatic heterocycles. The average molecular weight is 370 g/mol. The van der Waals surface area contributed by atoms with E-state index in [-0.39, 0.29) is 18.6 Å². The number of nitrogens with zero attached hydrogens (tertiary/aromatic N) is 2. The summed E-state index contributed by atoms with van der Waals surface area (Å²) in [6, 6.07) is 12.3. The Bertz CT molecular complexity index is 790. The third kappa shape index (κ3) is 4.19. The number of amides is 1. The van der Waals surface area contributed by atoms with Crippen LogP contribution < -0.4 is 9.47 Å². The van der Waals surface area contributed by atoms with E-state index in [1.165, 1.54) is 12.8 Å². The van der Waals surface area contributed by atoms with E-state index >= 15 is 0 Å². The van der Waals surface area contributed by atoms with Crippen molar-refractivity contribution >= 4 is 16.7 Å². The summed E-state index contributed by atoms with van der Waals surface area (Å²) in [4.78, 5) is 16.9. The van der Waals surface area contributed by atoms with Crippen molar-refractivity contribution in [3.63, 3.8) is 0 Å². The monoisotopic (exact) mass is 370 g/mol. The van der Waals surface area contributed by atoms with Gasteiger partial charge in [0.1, 0.15) is 11.5 Å². The van der Waals surface area contributed by atoms with Crippen LogP contribution >= 0.6 is 0 Å². The van der Waals surface area contributed by atoms with Gasteiger partial charge in [-0.3, -0.25) is 4.79 Å². The van der Waals surface area contributed by atoms with Crippen LogP contribution in [0, 0.1) is 0 Å². The number of fused-ring (bicyclic) bond motifs is 1. The molecule has 27 heavy (non-hydrogen) atoms. The first-order valence-electron chi connectivity index (χ1n) is 9.63. The highest BCUT2D eigenvalue weighted by molar-refractivity contribution is 5.93. The fourth-order valence-electron chi connectivity index (χ4n) is 4.12. The van der Waals surface area contributed by atoms with Crippen LogP contribution in [0.15, 0.2) is 36.4 Å². The van der Waals surface area contributed by atoms with Gasteiger partial charge in [-0.2, -0.15) is 0 Å². The summed E-state index contributed by atoms with van der Waals surface area (Å²) >= 11 is 0. The van der Waals surface area contributed by atoms with Gasteiger partial charge in [-0.1, -0.05) is 37.1 Å². The Morgan fingerprint density at radius 3 is 2.19 bits per heavy atom. The lowest BCUT2D eigenvalue weighted by Gasteiger charge is -2.41. The predicted octanol–water partition coefficient (Wildman–Crippen LogP) is 3.56. The second-order valence-corrected chi connectivity index (χ2v) is 7.49. The van der Waals surface area contributed by atoms with Crippen molar-refractivity contribution in [3.05, 3.63) is 36.4 Å². The van der Waals surface area contributed by atoms with Crippen LogP contribution in [0.5, 0.6) is 11.5 Å². The molecule has 2 aromatic carbocycles. The first-order chi connectivity index (χ1) is 13.0. The van der Waals surface area contributed by atoms with Crippen LogP contribution in [-0.4, -0.2) is 62.7 Å². The number of likely N-dealkylation sites (N-methyl/N-ethyl adjacent to an activating group) is 2. The summed E-state index contributed by atoms with van der Waals surface area (Å²) in [5, 5.41) is 1.94. The van der Waals surface area contributed by atoms with Crippen molar-refractivity contribution in [2.24, 2.45) is 0 Å². The number of carbonyl (C=O) groups is 1. The topological polar surface area (TPSA) is 42.0 Å². The average Bonchev–Trinajstić information content (AvgIpc) is 2.71. The van der Waals surface area contributed by atoms with Crippen molar-refractivity contribution < 1.29 is 14.3 Å². The van der Waals surface area contributed by atoms with Crippen molar-refractivity contribution in [2.75, 3.05) is 34.9 Å². The van der Waals surface area contributed by atoms with Crippen LogP contribution in [0.25, 0.3) is 10.8 Å². The summed E-state index contributed by atoms with van der Waals surface area (Å²) in [7, 11) is 7.76. The molecular formula is C22H30N2O3. The highest BCUT2D eigenvalue weighted by atomic mass is 16.5. The van der Waals surface area contributed by atoms with Crippen LogP contribution in [0.1, 0.15) is 25.7 Å². The van der Waals surface area contributed by atoms with E-state index in [4.69, 9.17) is 9.47 Å². The first kappa shape index (κ1) is 19.5. The maximum Gasteiger partial charge on any atom is 0.260 e. The fourth-order valence-corrected chi connectivity index (χ4v) is 4.12. The number of carbonyl (C=O) groups excluding carboxylic acids is 1. The van der Waals surface area contributed by atoms with Crippen molar-refractivity contribution in [1.82, 2.24) is 9.80 Å². The van der Waals surface area contributed by atoms with Gasteiger partial charge in [0.15, 0.2) is 6.61 Å². The van der Waals surface area contributed by atoms with Crippen LogP contribution in [0.2, 0.25) is 0 Å². The van der Waals surface area contributed by atoms with Crippen molar-refractivity contribution in [2.45, 2.75) is 37.8 Å². The minimum absolute atomic E-state index is 0.0219. The molecule has 0 spiro atoms. The molecule has 1 saturated carbocycles. The van der Waals surface area contributed by atoms with E-state index in [0.717, 1.165) is 29.4 Å². The molecule has 0 aromatic heterocycles. The molecule has 0 bridgehead atoms. The lowest BCUT2D eigenvalue weighted by molar-refractivity contribution is -0.136. The molecule has 0 heterocycles. The Morgan fingerprint density at radius 1 is 0.963 bits per heavy atom. The minimum atomic E-state index is 0.0219. The number of hydrogen-bond acceptors (Lipinski definition) is 4.